The first kappa shape index (κ1) is 14.4. The van der Waals surface area contributed by atoms with Gasteiger partial charge in [-0.15, -0.1) is 0 Å². The van der Waals surface area contributed by atoms with Crippen LogP contribution in [0.2, 0.25) is 0 Å². The van der Waals surface area contributed by atoms with E-state index in [1.165, 1.54) is 13.1 Å². The van der Waals surface area contributed by atoms with Gasteiger partial charge in [-0.05, 0) is 18.7 Å². The van der Waals surface area contributed by atoms with Gasteiger partial charge in [0, 0.05) is 27.2 Å². The van der Waals surface area contributed by atoms with Crippen molar-refractivity contribution in [3.8, 4) is 0 Å². The highest BCUT2D eigenvalue weighted by atomic mass is 19.1. The van der Waals surface area contributed by atoms with Gasteiger partial charge in [0.05, 0.1) is 11.3 Å². The van der Waals surface area contributed by atoms with Gasteiger partial charge in [-0.3, -0.25) is 4.79 Å². The molecule has 0 radical (unpaired) electrons. The lowest BCUT2D eigenvalue weighted by molar-refractivity contribution is 0.0959. The number of hydrogen-bond acceptors (Lipinski definition) is 3. The van der Waals surface area contributed by atoms with E-state index in [0.717, 1.165) is 13.1 Å². The highest BCUT2D eigenvalue weighted by molar-refractivity contribution is 5.99. The second-order valence-corrected chi connectivity index (χ2v) is 3.99. The summed E-state index contributed by atoms with van der Waals surface area (Å²) in [5, 5.41) is 5.65. The summed E-state index contributed by atoms with van der Waals surface area (Å²) >= 11 is 0. The molecule has 0 aromatic heterocycles. The number of amides is 1. The Bertz CT molecular complexity index is 409. The van der Waals surface area contributed by atoms with E-state index in [0.29, 0.717) is 12.2 Å². The minimum atomic E-state index is -0.498. The van der Waals surface area contributed by atoms with Crippen molar-refractivity contribution in [1.29, 1.82) is 0 Å². The van der Waals surface area contributed by atoms with Crippen LogP contribution in [0.5, 0.6) is 0 Å². The van der Waals surface area contributed by atoms with Crippen LogP contribution in [0, 0.1) is 5.82 Å². The molecule has 0 aliphatic rings. The maximum atomic E-state index is 13.7. The van der Waals surface area contributed by atoms with Gasteiger partial charge in [-0.1, -0.05) is 13.0 Å². The number of carbonyl (C=O) groups excluding carboxylic acids is 1. The summed E-state index contributed by atoms with van der Waals surface area (Å²) in [6.07, 6.45) is 0. The fourth-order valence-corrected chi connectivity index (χ4v) is 1.72. The largest absolute Gasteiger partial charge is 0.373 e. The standard InChI is InChI=1S/C13H20FN3O/c1-4-16-8-9-17(3)11-7-5-6-10(14)12(11)13(18)15-2/h5-7,16H,4,8-9H2,1-3H3,(H,15,18). The van der Waals surface area contributed by atoms with Crippen molar-refractivity contribution in [1.82, 2.24) is 10.6 Å². The normalized spacial score (nSPS) is 10.2. The number of hydrogen-bond donors (Lipinski definition) is 2. The molecule has 1 aromatic carbocycles. The Balaban J connectivity index is 2.93. The van der Waals surface area contributed by atoms with Crippen molar-refractivity contribution in [2.45, 2.75) is 6.92 Å². The van der Waals surface area contributed by atoms with Crippen LogP contribution >= 0.6 is 0 Å². The first-order valence-corrected chi connectivity index (χ1v) is 6.04. The van der Waals surface area contributed by atoms with Crippen LogP contribution < -0.4 is 15.5 Å². The molecule has 0 saturated carbocycles. The Morgan fingerprint density at radius 2 is 2.17 bits per heavy atom. The maximum Gasteiger partial charge on any atom is 0.256 e. The molecule has 0 atom stereocenters. The lowest BCUT2D eigenvalue weighted by Gasteiger charge is -2.22. The molecule has 1 rings (SSSR count). The first-order valence-electron chi connectivity index (χ1n) is 6.04. The lowest BCUT2D eigenvalue weighted by Crippen LogP contribution is -2.31. The highest BCUT2D eigenvalue weighted by Gasteiger charge is 2.17. The molecule has 0 unspecified atom stereocenters. The minimum Gasteiger partial charge on any atom is -0.373 e. The van der Waals surface area contributed by atoms with Gasteiger partial charge in [0.15, 0.2) is 0 Å². The van der Waals surface area contributed by atoms with E-state index in [-0.39, 0.29) is 5.56 Å². The van der Waals surface area contributed by atoms with E-state index >= 15 is 0 Å². The van der Waals surface area contributed by atoms with E-state index in [9.17, 15) is 9.18 Å². The molecule has 0 spiro atoms. The summed E-state index contributed by atoms with van der Waals surface area (Å²) in [4.78, 5) is 13.6. The van der Waals surface area contributed by atoms with E-state index in [2.05, 4.69) is 10.6 Å². The van der Waals surface area contributed by atoms with Crippen molar-refractivity contribution in [2.24, 2.45) is 0 Å². The average molecular weight is 253 g/mol. The van der Waals surface area contributed by atoms with E-state index in [1.807, 2.05) is 18.9 Å². The first-order chi connectivity index (χ1) is 8.61. The molecule has 0 heterocycles. The predicted octanol–water partition coefficient (Wildman–Crippen LogP) is 1.23. The number of nitrogens with one attached hydrogen (secondary N) is 2. The second kappa shape index (κ2) is 6.96. The van der Waals surface area contributed by atoms with E-state index < -0.39 is 11.7 Å². The van der Waals surface area contributed by atoms with E-state index in [1.54, 1.807) is 12.1 Å². The quantitative estimate of drug-likeness (QED) is 0.750. The summed E-state index contributed by atoms with van der Waals surface area (Å²) in [7, 11) is 3.34. The summed E-state index contributed by atoms with van der Waals surface area (Å²) in [5.74, 6) is -0.902. The lowest BCUT2D eigenvalue weighted by atomic mass is 10.1. The van der Waals surface area contributed by atoms with Crippen molar-refractivity contribution >= 4 is 11.6 Å². The summed E-state index contributed by atoms with van der Waals surface area (Å²) in [6, 6.07) is 4.66. The third kappa shape index (κ3) is 3.43. The van der Waals surface area contributed by atoms with Crippen LogP contribution in [-0.2, 0) is 0 Å². The molecule has 4 nitrogen and oxygen atoms in total. The third-order valence-electron chi connectivity index (χ3n) is 2.73. The van der Waals surface area contributed by atoms with Crippen LogP contribution in [0.4, 0.5) is 10.1 Å². The highest BCUT2D eigenvalue weighted by Crippen LogP contribution is 2.21. The number of rotatable bonds is 6. The van der Waals surface area contributed by atoms with E-state index in [4.69, 9.17) is 0 Å². The summed E-state index contributed by atoms with van der Waals surface area (Å²) in [6.45, 7) is 4.41. The molecule has 0 bridgehead atoms. The molecule has 1 aromatic rings. The molecule has 2 N–H and O–H groups in total. The molecular formula is C13H20FN3O. The molecule has 0 aliphatic carbocycles. The third-order valence-corrected chi connectivity index (χ3v) is 2.73. The zero-order chi connectivity index (χ0) is 13.5. The van der Waals surface area contributed by atoms with Crippen molar-refractivity contribution in [3.05, 3.63) is 29.6 Å². The van der Waals surface area contributed by atoms with Gasteiger partial charge in [0.2, 0.25) is 0 Å². The van der Waals surface area contributed by atoms with Crippen LogP contribution in [0.15, 0.2) is 18.2 Å². The van der Waals surface area contributed by atoms with Gasteiger partial charge in [0.25, 0.3) is 5.91 Å². The number of likely N-dealkylation sites (N-methyl/N-ethyl adjacent to an activating group) is 2. The Morgan fingerprint density at radius 1 is 1.44 bits per heavy atom. The SMILES string of the molecule is CCNCCN(C)c1cccc(F)c1C(=O)NC. The second-order valence-electron chi connectivity index (χ2n) is 3.99. The molecular weight excluding hydrogens is 233 g/mol. The monoisotopic (exact) mass is 253 g/mol. The van der Waals surface area contributed by atoms with Crippen molar-refractivity contribution in [3.63, 3.8) is 0 Å². The van der Waals surface area contributed by atoms with Crippen molar-refractivity contribution < 1.29 is 9.18 Å². The Kier molecular flexibility index (Phi) is 5.58. The van der Waals surface area contributed by atoms with Crippen LogP contribution in [-0.4, -0.2) is 39.6 Å². The Morgan fingerprint density at radius 3 is 2.78 bits per heavy atom. The molecule has 5 heteroatoms. The molecule has 0 aliphatic heterocycles. The fraction of sp³-hybridized carbons (Fsp3) is 0.462. The zero-order valence-electron chi connectivity index (χ0n) is 11.1. The number of carbonyl (C=O) groups is 1. The van der Waals surface area contributed by atoms with Crippen LogP contribution in [0.3, 0.4) is 0 Å². The summed E-state index contributed by atoms with van der Waals surface area (Å²) < 4.78 is 13.7. The summed E-state index contributed by atoms with van der Waals surface area (Å²) in [5.41, 5.74) is 0.700. The smallest absolute Gasteiger partial charge is 0.256 e. The predicted molar refractivity (Wildman–Crippen MR) is 71.6 cm³/mol. The number of benzene rings is 1. The Hall–Kier alpha value is -1.62. The van der Waals surface area contributed by atoms with Crippen LogP contribution in [0.1, 0.15) is 17.3 Å². The van der Waals surface area contributed by atoms with Gasteiger partial charge in [-0.25, -0.2) is 4.39 Å². The number of halogens is 1. The Labute approximate surface area is 107 Å². The zero-order valence-corrected chi connectivity index (χ0v) is 11.1. The minimum absolute atomic E-state index is 0.0963. The van der Waals surface area contributed by atoms with Gasteiger partial charge >= 0.3 is 0 Å². The molecule has 0 fully saturated rings. The van der Waals surface area contributed by atoms with Gasteiger partial charge in [-0.2, -0.15) is 0 Å². The van der Waals surface area contributed by atoms with Crippen LogP contribution in [0.25, 0.3) is 0 Å². The topological polar surface area (TPSA) is 44.4 Å². The number of anilines is 1. The number of nitrogens with zero attached hydrogens (tertiary/aromatic N) is 1. The molecule has 100 valence electrons. The van der Waals surface area contributed by atoms with Crippen molar-refractivity contribution in [2.75, 3.05) is 38.6 Å². The average Bonchev–Trinajstić information content (AvgIpc) is 2.37. The van der Waals surface area contributed by atoms with Gasteiger partial charge < -0.3 is 15.5 Å². The maximum absolute atomic E-state index is 13.7. The fourth-order valence-electron chi connectivity index (χ4n) is 1.72. The molecule has 0 saturated heterocycles. The molecule has 18 heavy (non-hydrogen) atoms. The molecule has 1 amide bonds. The van der Waals surface area contributed by atoms with Gasteiger partial charge in [0.1, 0.15) is 5.82 Å².